The van der Waals surface area contributed by atoms with Gasteiger partial charge in [-0.1, -0.05) is 11.2 Å². The molecule has 3 rings (SSSR count). The van der Waals surface area contributed by atoms with Crippen LogP contribution >= 0.6 is 11.3 Å². The Hall–Kier alpha value is -2.05. The number of thiophene rings is 1. The van der Waals surface area contributed by atoms with E-state index < -0.39 is 6.04 Å². The summed E-state index contributed by atoms with van der Waals surface area (Å²) in [6, 6.07) is 8.09. The first kappa shape index (κ1) is 13.0. The molecule has 1 aromatic carbocycles. The zero-order chi connectivity index (χ0) is 14.1. The Kier molecular flexibility index (Phi) is 3.33. The fraction of sp³-hybridized carbons (Fsp3) is 0.143. The maximum absolute atomic E-state index is 13.3. The topological polar surface area (TPSA) is 64.9 Å². The third kappa shape index (κ3) is 2.35. The normalized spacial score (nSPS) is 12.6. The monoisotopic (exact) mass is 289 g/mol. The van der Waals surface area contributed by atoms with Gasteiger partial charge in [0.05, 0.1) is 0 Å². The standard InChI is InChI=1S/C14H12FN3OS/c1-8-7-9(4-5-10(8)15)13-17-14(19-18-13)12(16)11-3-2-6-20-11/h2-7,12H,16H2,1H3. The van der Waals surface area contributed by atoms with Crippen LogP contribution in [0.2, 0.25) is 0 Å². The number of nitrogens with two attached hydrogens (primary N) is 1. The summed E-state index contributed by atoms with van der Waals surface area (Å²) in [5.74, 6) is 0.507. The van der Waals surface area contributed by atoms with Crippen molar-refractivity contribution in [2.24, 2.45) is 5.73 Å². The first-order chi connectivity index (χ1) is 9.65. The Morgan fingerprint density at radius 1 is 1.35 bits per heavy atom. The van der Waals surface area contributed by atoms with Crippen LogP contribution in [0.4, 0.5) is 4.39 Å². The molecule has 2 aromatic heterocycles. The van der Waals surface area contributed by atoms with Gasteiger partial charge in [0.1, 0.15) is 11.9 Å². The summed E-state index contributed by atoms with van der Waals surface area (Å²) in [4.78, 5) is 5.24. The number of aryl methyl sites for hydroxylation is 1. The van der Waals surface area contributed by atoms with E-state index in [1.165, 1.54) is 17.4 Å². The molecule has 0 spiro atoms. The fourth-order valence-electron chi connectivity index (χ4n) is 1.85. The van der Waals surface area contributed by atoms with Crippen molar-refractivity contribution in [1.82, 2.24) is 10.1 Å². The van der Waals surface area contributed by atoms with Gasteiger partial charge in [-0.15, -0.1) is 11.3 Å². The van der Waals surface area contributed by atoms with E-state index in [1.54, 1.807) is 19.1 Å². The number of rotatable bonds is 3. The van der Waals surface area contributed by atoms with Gasteiger partial charge in [-0.05, 0) is 42.1 Å². The van der Waals surface area contributed by atoms with Gasteiger partial charge in [0.15, 0.2) is 0 Å². The van der Waals surface area contributed by atoms with E-state index in [4.69, 9.17) is 10.3 Å². The van der Waals surface area contributed by atoms with E-state index in [0.29, 0.717) is 22.8 Å². The highest BCUT2D eigenvalue weighted by molar-refractivity contribution is 7.10. The van der Waals surface area contributed by atoms with Crippen molar-refractivity contribution >= 4 is 11.3 Å². The number of halogens is 1. The fourth-order valence-corrected chi connectivity index (χ4v) is 2.57. The van der Waals surface area contributed by atoms with Gasteiger partial charge in [0.2, 0.25) is 11.7 Å². The van der Waals surface area contributed by atoms with Crippen LogP contribution in [0.15, 0.2) is 40.2 Å². The maximum atomic E-state index is 13.3. The maximum Gasteiger partial charge on any atom is 0.249 e. The van der Waals surface area contributed by atoms with Crippen molar-refractivity contribution in [1.29, 1.82) is 0 Å². The van der Waals surface area contributed by atoms with E-state index in [1.807, 2.05) is 17.5 Å². The lowest BCUT2D eigenvalue weighted by atomic mass is 10.1. The first-order valence-electron chi connectivity index (χ1n) is 6.04. The third-order valence-corrected chi connectivity index (χ3v) is 3.93. The third-order valence-electron chi connectivity index (χ3n) is 2.97. The minimum absolute atomic E-state index is 0.257. The van der Waals surface area contributed by atoms with Gasteiger partial charge < -0.3 is 10.3 Å². The summed E-state index contributed by atoms with van der Waals surface area (Å²) in [6.45, 7) is 1.69. The lowest BCUT2D eigenvalue weighted by Crippen LogP contribution is -2.10. The molecular weight excluding hydrogens is 277 g/mol. The summed E-state index contributed by atoms with van der Waals surface area (Å²) < 4.78 is 18.5. The molecule has 102 valence electrons. The molecule has 0 aliphatic heterocycles. The zero-order valence-electron chi connectivity index (χ0n) is 10.7. The van der Waals surface area contributed by atoms with E-state index in [0.717, 1.165) is 4.88 Å². The molecule has 0 fully saturated rings. The minimum Gasteiger partial charge on any atom is -0.337 e. The molecule has 1 unspecified atom stereocenters. The number of benzene rings is 1. The highest BCUT2D eigenvalue weighted by atomic mass is 32.1. The van der Waals surface area contributed by atoms with Crippen molar-refractivity contribution in [3.05, 3.63) is 57.9 Å². The molecule has 2 N–H and O–H groups in total. The van der Waals surface area contributed by atoms with Crippen molar-refractivity contribution in [3.8, 4) is 11.4 Å². The van der Waals surface area contributed by atoms with Gasteiger partial charge in [-0.2, -0.15) is 4.98 Å². The molecule has 20 heavy (non-hydrogen) atoms. The average Bonchev–Trinajstić information content (AvgIpc) is 3.11. The highest BCUT2D eigenvalue weighted by Gasteiger charge is 2.18. The van der Waals surface area contributed by atoms with E-state index >= 15 is 0 Å². The SMILES string of the molecule is Cc1cc(-c2noc(C(N)c3cccs3)n2)ccc1F. The molecular formula is C14H12FN3OS. The number of nitrogens with zero attached hydrogens (tertiary/aromatic N) is 2. The molecule has 2 heterocycles. The highest BCUT2D eigenvalue weighted by Crippen LogP contribution is 2.25. The molecule has 0 aliphatic rings. The minimum atomic E-state index is -0.433. The van der Waals surface area contributed by atoms with Crippen LogP contribution < -0.4 is 5.73 Å². The molecule has 0 amide bonds. The van der Waals surface area contributed by atoms with Gasteiger partial charge in [-0.25, -0.2) is 4.39 Å². The van der Waals surface area contributed by atoms with Crippen LogP contribution in [0.25, 0.3) is 11.4 Å². The molecule has 0 bridgehead atoms. The van der Waals surface area contributed by atoms with E-state index in [9.17, 15) is 4.39 Å². The lowest BCUT2D eigenvalue weighted by molar-refractivity contribution is 0.368. The molecule has 0 aliphatic carbocycles. The van der Waals surface area contributed by atoms with Gasteiger partial charge in [0.25, 0.3) is 0 Å². The van der Waals surface area contributed by atoms with Crippen LogP contribution in [0, 0.1) is 12.7 Å². The van der Waals surface area contributed by atoms with Crippen LogP contribution in [-0.2, 0) is 0 Å². The van der Waals surface area contributed by atoms with Crippen LogP contribution in [0.3, 0.4) is 0 Å². The van der Waals surface area contributed by atoms with Crippen LogP contribution in [-0.4, -0.2) is 10.1 Å². The predicted octanol–water partition coefficient (Wildman–Crippen LogP) is 3.29. The predicted molar refractivity (Wildman–Crippen MR) is 74.8 cm³/mol. The largest absolute Gasteiger partial charge is 0.337 e. The molecule has 3 aromatic rings. The van der Waals surface area contributed by atoms with Gasteiger partial charge >= 0.3 is 0 Å². The smallest absolute Gasteiger partial charge is 0.249 e. The van der Waals surface area contributed by atoms with Crippen LogP contribution in [0.1, 0.15) is 22.4 Å². The number of aromatic nitrogens is 2. The second-order valence-electron chi connectivity index (χ2n) is 4.41. The van der Waals surface area contributed by atoms with Crippen molar-refractivity contribution in [2.75, 3.05) is 0 Å². The molecule has 6 heteroatoms. The Balaban J connectivity index is 1.92. The second-order valence-corrected chi connectivity index (χ2v) is 5.39. The van der Waals surface area contributed by atoms with Crippen molar-refractivity contribution in [2.45, 2.75) is 13.0 Å². The van der Waals surface area contributed by atoms with E-state index in [2.05, 4.69) is 10.1 Å². The van der Waals surface area contributed by atoms with E-state index in [-0.39, 0.29) is 5.82 Å². The molecule has 1 atom stereocenters. The summed E-state index contributed by atoms with van der Waals surface area (Å²) in [5.41, 5.74) is 7.30. The number of hydrogen-bond donors (Lipinski definition) is 1. The Bertz CT molecular complexity index is 724. The van der Waals surface area contributed by atoms with Crippen molar-refractivity contribution < 1.29 is 8.91 Å². The second kappa shape index (κ2) is 5.15. The Morgan fingerprint density at radius 2 is 2.20 bits per heavy atom. The Morgan fingerprint density at radius 3 is 2.90 bits per heavy atom. The summed E-state index contributed by atoms with van der Waals surface area (Å²) in [7, 11) is 0. The number of hydrogen-bond acceptors (Lipinski definition) is 5. The zero-order valence-corrected chi connectivity index (χ0v) is 11.5. The quantitative estimate of drug-likeness (QED) is 0.803. The molecule has 4 nitrogen and oxygen atoms in total. The van der Waals surface area contributed by atoms with Gasteiger partial charge in [0, 0.05) is 10.4 Å². The van der Waals surface area contributed by atoms with Gasteiger partial charge in [-0.3, -0.25) is 0 Å². The van der Waals surface area contributed by atoms with Crippen LogP contribution in [0.5, 0.6) is 0 Å². The summed E-state index contributed by atoms with van der Waals surface area (Å²) in [6.07, 6.45) is 0. The molecule has 0 saturated carbocycles. The summed E-state index contributed by atoms with van der Waals surface area (Å²) >= 11 is 1.53. The lowest BCUT2D eigenvalue weighted by Gasteiger charge is -2.02. The Labute approximate surface area is 119 Å². The average molecular weight is 289 g/mol. The molecule has 0 radical (unpaired) electrons. The molecule has 0 saturated heterocycles. The van der Waals surface area contributed by atoms with Crippen molar-refractivity contribution in [3.63, 3.8) is 0 Å². The first-order valence-corrected chi connectivity index (χ1v) is 6.92. The summed E-state index contributed by atoms with van der Waals surface area (Å²) in [5, 5.41) is 5.84.